The second-order valence-corrected chi connectivity index (χ2v) is 7.35. The van der Waals surface area contributed by atoms with Crippen molar-refractivity contribution in [3.63, 3.8) is 0 Å². The Bertz CT molecular complexity index is 560. The number of benzene rings is 1. The van der Waals surface area contributed by atoms with Gasteiger partial charge in [0.15, 0.2) is 0 Å². The third kappa shape index (κ3) is 5.84. The van der Waals surface area contributed by atoms with E-state index in [1.54, 1.807) is 6.92 Å². The summed E-state index contributed by atoms with van der Waals surface area (Å²) in [6, 6.07) is 9.05. The maximum atomic E-state index is 12.0. The molecule has 0 aromatic heterocycles. The Morgan fingerprint density at radius 2 is 1.91 bits per heavy atom. The molecule has 0 aliphatic carbocycles. The van der Waals surface area contributed by atoms with E-state index < -0.39 is 11.3 Å². The minimum Gasteiger partial charge on any atom is -0.358 e. The molecule has 2 N–H and O–H groups in total. The number of rotatable bonds is 4. The van der Waals surface area contributed by atoms with Gasteiger partial charge in [-0.25, -0.2) is 4.79 Å². The molecule has 1 aromatic rings. The number of nitrogens with one attached hydrogen (secondary N) is 2. The van der Waals surface area contributed by atoms with Gasteiger partial charge >= 0.3 is 6.03 Å². The second-order valence-electron chi connectivity index (χ2n) is 5.38. The minimum atomic E-state index is -0.488. The molecule has 1 aromatic carbocycles. The first kappa shape index (κ1) is 17.7. The predicted octanol–water partition coefficient (Wildman–Crippen LogP) is 2.51. The van der Waals surface area contributed by atoms with E-state index in [4.69, 9.17) is 12.2 Å². The van der Waals surface area contributed by atoms with E-state index in [9.17, 15) is 9.59 Å². The summed E-state index contributed by atoms with van der Waals surface area (Å²) in [5.41, 5.74) is 0.979. The number of hydrogen-bond donors (Lipinski definition) is 2. The summed E-state index contributed by atoms with van der Waals surface area (Å²) in [6.07, 6.45) is 2.28. The number of carbonyl (C=O) groups is 2. The molecule has 1 aliphatic rings. The van der Waals surface area contributed by atoms with Crippen molar-refractivity contribution in [3.8, 4) is 0 Å². The Balaban J connectivity index is 1.72. The van der Waals surface area contributed by atoms with E-state index in [-0.39, 0.29) is 5.91 Å². The van der Waals surface area contributed by atoms with E-state index in [1.807, 2.05) is 30.3 Å². The van der Waals surface area contributed by atoms with E-state index in [1.165, 1.54) is 11.8 Å². The van der Waals surface area contributed by atoms with Crippen LogP contribution in [0.4, 0.5) is 4.79 Å². The number of hydrogen-bond acceptors (Lipinski definition) is 4. The fraction of sp³-hybridized carbons (Fsp3) is 0.438. The third-order valence-corrected chi connectivity index (χ3v) is 5.12. The molecule has 23 heavy (non-hydrogen) atoms. The van der Waals surface area contributed by atoms with Crippen LogP contribution in [-0.2, 0) is 11.3 Å². The maximum Gasteiger partial charge on any atom is 0.321 e. The summed E-state index contributed by atoms with van der Waals surface area (Å²) < 4.78 is 0.731. The molecule has 0 saturated carbocycles. The average Bonchev–Trinajstić information content (AvgIpc) is 3.08. The number of nitrogens with zero attached hydrogens (tertiary/aromatic N) is 1. The topological polar surface area (TPSA) is 61.4 Å². The fourth-order valence-electron chi connectivity index (χ4n) is 2.21. The van der Waals surface area contributed by atoms with Crippen molar-refractivity contribution in [2.45, 2.75) is 31.6 Å². The Kier molecular flexibility index (Phi) is 6.85. The first-order valence-electron chi connectivity index (χ1n) is 7.64. The van der Waals surface area contributed by atoms with Gasteiger partial charge < -0.3 is 10.2 Å². The van der Waals surface area contributed by atoms with Crippen molar-refractivity contribution in [2.75, 3.05) is 13.1 Å². The second kappa shape index (κ2) is 8.88. The van der Waals surface area contributed by atoms with Gasteiger partial charge in [-0.05, 0) is 25.3 Å². The van der Waals surface area contributed by atoms with Crippen molar-refractivity contribution in [2.24, 2.45) is 0 Å². The summed E-state index contributed by atoms with van der Waals surface area (Å²) in [5, 5.41) is 4.63. The Morgan fingerprint density at radius 1 is 1.26 bits per heavy atom. The highest BCUT2D eigenvalue weighted by atomic mass is 32.2. The van der Waals surface area contributed by atoms with Crippen LogP contribution in [0.25, 0.3) is 0 Å². The number of amides is 3. The molecule has 1 saturated heterocycles. The molecule has 1 atom stereocenters. The molecule has 1 fully saturated rings. The lowest BCUT2D eigenvalue weighted by Gasteiger charge is -2.20. The normalized spacial score (nSPS) is 15.1. The highest BCUT2D eigenvalue weighted by molar-refractivity contribution is 8.23. The van der Waals surface area contributed by atoms with Crippen LogP contribution in [-0.4, -0.2) is 39.5 Å². The smallest absolute Gasteiger partial charge is 0.321 e. The summed E-state index contributed by atoms with van der Waals surface area (Å²) in [6.45, 7) is 4.05. The van der Waals surface area contributed by atoms with Crippen molar-refractivity contribution < 1.29 is 9.59 Å². The molecular formula is C16H21N3O2S2. The Morgan fingerprint density at radius 3 is 2.57 bits per heavy atom. The van der Waals surface area contributed by atoms with Gasteiger partial charge in [0.05, 0.1) is 5.25 Å². The average molecular weight is 351 g/mol. The molecule has 1 unspecified atom stereocenters. The van der Waals surface area contributed by atoms with E-state index in [0.29, 0.717) is 6.54 Å². The number of thiocarbonyl (C=S) groups is 1. The molecule has 124 valence electrons. The summed E-state index contributed by atoms with van der Waals surface area (Å²) in [7, 11) is 0. The molecular weight excluding hydrogens is 330 g/mol. The molecule has 0 bridgehead atoms. The van der Waals surface area contributed by atoms with E-state index in [0.717, 1.165) is 35.8 Å². The third-order valence-electron chi connectivity index (χ3n) is 3.54. The number of thioether (sulfide) groups is 1. The molecule has 7 heteroatoms. The van der Waals surface area contributed by atoms with Crippen molar-refractivity contribution in [1.82, 2.24) is 15.5 Å². The molecule has 0 radical (unpaired) electrons. The van der Waals surface area contributed by atoms with Gasteiger partial charge in [-0.15, -0.1) is 0 Å². The van der Waals surface area contributed by atoms with Gasteiger partial charge in [0.25, 0.3) is 0 Å². The largest absolute Gasteiger partial charge is 0.358 e. The van der Waals surface area contributed by atoms with Crippen LogP contribution in [0.1, 0.15) is 25.3 Å². The fourth-order valence-corrected chi connectivity index (χ4v) is 3.63. The summed E-state index contributed by atoms with van der Waals surface area (Å²) >= 11 is 6.67. The molecule has 0 spiro atoms. The maximum absolute atomic E-state index is 12.0. The first-order valence-corrected chi connectivity index (χ1v) is 8.93. The zero-order valence-electron chi connectivity index (χ0n) is 13.1. The molecule has 1 heterocycles. The lowest BCUT2D eigenvalue weighted by atomic mass is 10.2. The SMILES string of the molecule is CC(SC(=S)N1CCCC1)C(=O)NC(=O)NCc1ccccc1. The van der Waals surface area contributed by atoms with E-state index >= 15 is 0 Å². The van der Waals surface area contributed by atoms with Gasteiger partial charge in [-0.2, -0.15) is 0 Å². The molecule has 1 aliphatic heterocycles. The van der Waals surface area contributed by atoms with Gasteiger partial charge in [-0.3, -0.25) is 10.1 Å². The Labute approximate surface area is 146 Å². The van der Waals surface area contributed by atoms with Crippen LogP contribution in [0.5, 0.6) is 0 Å². The number of urea groups is 1. The number of imide groups is 1. The van der Waals surface area contributed by atoms with Crippen LogP contribution in [0, 0.1) is 0 Å². The van der Waals surface area contributed by atoms with Crippen LogP contribution in [0.15, 0.2) is 30.3 Å². The number of carbonyl (C=O) groups excluding carboxylic acids is 2. The van der Waals surface area contributed by atoms with Gasteiger partial charge in [0.1, 0.15) is 4.32 Å². The summed E-state index contributed by atoms with van der Waals surface area (Å²) in [5.74, 6) is -0.331. The Hall–Kier alpha value is -1.60. The zero-order valence-corrected chi connectivity index (χ0v) is 14.7. The first-order chi connectivity index (χ1) is 11.1. The van der Waals surface area contributed by atoms with Gasteiger partial charge in [0.2, 0.25) is 5.91 Å². The van der Waals surface area contributed by atoms with Crippen molar-refractivity contribution in [1.29, 1.82) is 0 Å². The highest BCUT2D eigenvalue weighted by Crippen LogP contribution is 2.20. The minimum absolute atomic E-state index is 0.331. The van der Waals surface area contributed by atoms with E-state index in [2.05, 4.69) is 15.5 Å². The quantitative estimate of drug-likeness (QED) is 0.816. The van der Waals surface area contributed by atoms with Crippen LogP contribution < -0.4 is 10.6 Å². The predicted molar refractivity (Wildman–Crippen MR) is 97.3 cm³/mol. The van der Waals surface area contributed by atoms with Crippen LogP contribution >= 0.6 is 24.0 Å². The van der Waals surface area contributed by atoms with Crippen LogP contribution in [0.2, 0.25) is 0 Å². The molecule has 5 nitrogen and oxygen atoms in total. The van der Waals surface area contributed by atoms with Crippen molar-refractivity contribution >= 4 is 40.2 Å². The highest BCUT2D eigenvalue weighted by Gasteiger charge is 2.22. The molecule has 2 rings (SSSR count). The van der Waals surface area contributed by atoms with Gasteiger partial charge in [0, 0.05) is 19.6 Å². The van der Waals surface area contributed by atoms with Crippen molar-refractivity contribution in [3.05, 3.63) is 35.9 Å². The molecule has 3 amide bonds. The summed E-state index contributed by atoms with van der Waals surface area (Å²) in [4.78, 5) is 25.9. The van der Waals surface area contributed by atoms with Crippen LogP contribution in [0.3, 0.4) is 0 Å². The number of likely N-dealkylation sites (tertiary alicyclic amines) is 1. The lowest BCUT2D eigenvalue weighted by Crippen LogP contribution is -2.43. The standard InChI is InChI=1S/C16H21N3O2S2/c1-12(23-16(22)19-9-5-6-10-19)14(20)18-15(21)17-11-13-7-3-2-4-8-13/h2-4,7-8,12H,5-6,9-11H2,1H3,(H2,17,18,20,21). The lowest BCUT2D eigenvalue weighted by molar-refractivity contribution is -0.119. The van der Waals surface area contributed by atoms with Gasteiger partial charge in [-0.1, -0.05) is 54.3 Å². The zero-order chi connectivity index (χ0) is 16.7. The monoisotopic (exact) mass is 351 g/mol.